The summed E-state index contributed by atoms with van der Waals surface area (Å²) in [7, 11) is 0. The van der Waals surface area contributed by atoms with E-state index in [1.807, 2.05) is 48.7 Å². The molecule has 0 aliphatic carbocycles. The summed E-state index contributed by atoms with van der Waals surface area (Å²) in [6.45, 7) is 0.555. The predicted octanol–water partition coefficient (Wildman–Crippen LogP) is 3.08. The Morgan fingerprint density at radius 3 is 2.71 bits per heavy atom. The Morgan fingerprint density at radius 1 is 1.00 bits per heavy atom. The van der Waals surface area contributed by atoms with Gasteiger partial charge in [0.15, 0.2) is 0 Å². The Bertz CT molecular complexity index is 1020. The fourth-order valence-electron chi connectivity index (χ4n) is 2.92. The number of aromatic amines is 1. The van der Waals surface area contributed by atoms with Gasteiger partial charge in [-0.1, -0.05) is 36.4 Å². The van der Waals surface area contributed by atoms with E-state index in [9.17, 15) is 4.79 Å². The number of fused-ring (bicyclic) bond motifs is 2. The number of benzene rings is 2. The van der Waals surface area contributed by atoms with Gasteiger partial charge in [-0.3, -0.25) is 4.79 Å². The lowest BCUT2D eigenvalue weighted by Crippen LogP contribution is -2.26. The second-order valence-electron chi connectivity index (χ2n) is 5.60. The normalized spacial score (nSPS) is 11.0. The number of carbonyl (C=O) groups is 1. The molecule has 0 fully saturated rings. The summed E-state index contributed by atoms with van der Waals surface area (Å²) in [5.41, 5.74) is 3.49. The van der Waals surface area contributed by atoms with Gasteiger partial charge in [-0.25, -0.2) is 9.97 Å². The van der Waals surface area contributed by atoms with Crippen LogP contribution in [0.1, 0.15) is 16.1 Å². The molecule has 5 heteroatoms. The van der Waals surface area contributed by atoms with Gasteiger partial charge in [-0.15, -0.1) is 0 Å². The third-order valence-corrected chi connectivity index (χ3v) is 4.11. The van der Waals surface area contributed by atoms with Crippen LogP contribution in [0.4, 0.5) is 0 Å². The van der Waals surface area contributed by atoms with Gasteiger partial charge >= 0.3 is 0 Å². The van der Waals surface area contributed by atoms with Crippen LogP contribution in [0.2, 0.25) is 0 Å². The minimum absolute atomic E-state index is 0.173. The quantitative estimate of drug-likeness (QED) is 0.608. The van der Waals surface area contributed by atoms with Gasteiger partial charge in [0.25, 0.3) is 5.91 Å². The van der Waals surface area contributed by atoms with Crippen molar-refractivity contribution in [2.45, 2.75) is 6.42 Å². The van der Waals surface area contributed by atoms with Crippen LogP contribution >= 0.6 is 0 Å². The van der Waals surface area contributed by atoms with Crippen molar-refractivity contribution in [2.75, 3.05) is 6.54 Å². The number of H-pyrrole nitrogens is 1. The lowest BCUT2D eigenvalue weighted by atomic mass is 10.1. The Labute approximate surface area is 138 Å². The number of nitrogens with one attached hydrogen (secondary N) is 2. The van der Waals surface area contributed by atoms with E-state index < -0.39 is 0 Å². The molecule has 0 spiro atoms. The highest BCUT2D eigenvalue weighted by atomic mass is 16.1. The molecule has 0 unspecified atom stereocenters. The summed E-state index contributed by atoms with van der Waals surface area (Å²) >= 11 is 0. The molecule has 0 atom stereocenters. The molecule has 0 aliphatic heterocycles. The van der Waals surface area contributed by atoms with Crippen LogP contribution in [0.15, 0.2) is 61.1 Å². The van der Waals surface area contributed by atoms with E-state index in [0.29, 0.717) is 12.2 Å². The lowest BCUT2D eigenvalue weighted by molar-refractivity contribution is 0.0951. The zero-order chi connectivity index (χ0) is 16.4. The van der Waals surface area contributed by atoms with Gasteiger partial charge < -0.3 is 10.3 Å². The van der Waals surface area contributed by atoms with E-state index in [-0.39, 0.29) is 5.91 Å². The highest BCUT2D eigenvalue weighted by Gasteiger charge is 2.12. The predicted molar refractivity (Wildman–Crippen MR) is 93.9 cm³/mol. The van der Waals surface area contributed by atoms with Crippen LogP contribution in [-0.4, -0.2) is 27.4 Å². The zero-order valence-electron chi connectivity index (χ0n) is 13.0. The van der Waals surface area contributed by atoms with Gasteiger partial charge in [0.1, 0.15) is 12.0 Å². The molecule has 2 N–H and O–H groups in total. The summed E-state index contributed by atoms with van der Waals surface area (Å²) in [4.78, 5) is 24.0. The number of hydrogen-bond donors (Lipinski definition) is 2. The molecule has 0 saturated heterocycles. The van der Waals surface area contributed by atoms with Gasteiger partial charge in [0.2, 0.25) is 0 Å². The number of rotatable bonds is 4. The first kappa shape index (κ1) is 14.4. The highest BCUT2D eigenvalue weighted by Crippen LogP contribution is 2.18. The maximum atomic E-state index is 12.4. The Morgan fingerprint density at radius 2 is 1.79 bits per heavy atom. The first-order chi connectivity index (χ1) is 11.8. The third-order valence-electron chi connectivity index (χ3n) is 4.11. The molecule has 1 amide bonds. The fraction of sp³-hybridized carbons (Fsp3) is 0.105. The van der Waals surface area contributed by atoms with Gasteiger partial charge in [-0.2, -0.15) is 0 Å². The number of carbonyl (C=O) groups excluding carboxylic acids is 1. The minimum atomic E-state index is -0.173. The summed E-state index contributed by atoms with van der Waals surface area (Å²) in [6, 6.07) is 15.7. The van der Waals surface area contributed by atoms with Gasteiger partial charge in [0.05, 0.1) is 5.52 Å². The van der Waals surface area contributed by atoms with Crippen molar-refractivity contribution >= 4 is 27.7 Å². The summed E-state index contributed by atoms with van der Waals surface area (Å²) in [5.74, 6) is -0.173. The molecule has 0 bridgehead atoms. The molecule has 0 saturated carbocycles. The molecule has 4 aromatic rings. The highest BCUT2D eigenvalue weighted by molar-refractivity contribution is 6.04. The first-order valence-electron chi connectivity index (χ1n) is 7.86. The zero-order valence-corrected chi connectivity index (χ0v) is 13.0. The molecule has 24 heavy (non-hydrogen) atoms. The van der Waals surface area contributed by atoms with E-state index in [2.05, 4.69) is 26.3 Å². The molecular weight excluding hydrogens is 300 g/mol. The van der Waals surface area contributed by atoms with Crippen molar-refractivity contribution in [3.63, 3.8) is 0 Å². The van der Waals surface area contributed by atoms with Crippen molar-refractivity contribution in [3.05, 3.63) is 72.3 Å². The van der Waals surface area contributed by atoms with E-state index in [1.165, 1.54) is 17.3 Å². The van der Waals surface area contributed by atoms with Crippen LogP contribution in [0, 0.1) is 0 Å². The number of amides is 1. The summed E-state index contributed by atoms with van der Waals surface area (Å²) < 4.78 is 0. The third kappa shape index (κ3) is 2.60. The average Bonchev–Trinajstić information content (AvgIpc) is 3.04. The van der Waals surface area contributed by atoms with Crippen molar-refractivity contribution in [1.82, 2.24) is 20.3 Å². The molecule has 2 heterocycles. The molecule has 0 aliphatic rings. The maximum absolute atomic E-state index is 12.4. The average molecular weight is 316 g/mol. The van der Waals surface area contributed by atoms with Gasteiger partial charge in [-0.05, 0) is 24.1 Å². The van der Waals surface area contributed by atoms with Gasteiger partial charge in [0, 0.05) is 29.0 Å². The topological polar surface area (TPSA) is 70.7 Å². The maximum Gasteiger partial charge on any atom is 0.270 e. The Balaban J connectivity index is 1.48. The van der Waals surface area contributed by atoms with Crippen LogP contribution in [0.5, 0.6) is 0 Å². The van der Waals surface area contributed by atoms with Crippen molar-refractivity contribution < 1.29 is 4.79 Å². The van der Waals surface area contributed by atoms with Crippen LogP contribution in [0.3, 0.4) is 0 Å². The Kier molecular flexibility index (Phi) is 3.67. The largest absolute Gasteiger partial charge is 0.361 e. The molecule has 0 radical (unpaired) electrons. The fourth-order valence-corrected chi connectivity index (χ4v) is 2.92. The van der Waals surface area contributed by atoms with E-state index >= 15 is 0 Å². The Hall–Kier alpha value is -3.21. The SMILES string of the molecule is O=C(NCCc1c[nH]c2ccccc12)c1ncnc2ccccc12. The number of aromatic nitrogens is 3. The molecule has 2 aromatic heterocycles. The van der Waals surface area contributed by atoms with Crippen LogP contribution < -0.4 is 5.32 Å². The van der Waals surface area contributed by atoms with E-state index in [4.69, 9.17) is 0 Å². The molecular formula is C19H16N4O. The van der Waals surface area contributed by atoms with Crippen molar-refractivity contribution in [3.8, 4) is 0 Å². The smallest absolute Gasteiger partial charge is 0.270 e. The monoisotopic (exact) mass is 316 g/mol. The molecule has 118 valence electrons. The number of para-hydroxylation sites is 2. The second-order valence-corrected chi connectivity index (χ2v) is 5.60. The summed E-state index contributed by atoms with van der Waals surface area (Å²) in [6.07, 6.45) is 4.19. The van der Waals surface area contributed by atoms with Crippen LogP contribution in [0.25, 0.3) is 21.8 Å². The summed E-state index contributed by atoms with van der Waals surface area (Å²) in [5, 5.41) is 4.91. The van der Waals surface area contributed by atoms with E-state index in [0.717, 1.165) is 22.8 Å². The lowest BCUT2D eigenvalue weighted by Gasteiger charge is -2.06. The standard InChI is InChI=1S/C19H16N4O/c24-19(18-15-6-2-4-8-17(15)22-12-23-18)20-10-9-13-11-21-16-7-3-1-5-14(13)16/h1-8,11-12,21H,9-10H2,(H,20,24). The molecule has 5 nitrogen and oxygen atoms in total. The van der Waals surface area contributed by atoms with Crippen LogP contribution in [-0.2, 0) is 6.42 Å². The van der Waals surface area contributed by atoms with Crippen molar-refractivity contribution in [1.29, 1.82) is 0 Å². The van der Waals surface area contributed by atoms with E-state index in [1.54, 1.807) is 0 Å². The number of nitrogens with zero attached hydrogens (tertiary/aromatic N) is 2. The second kappa shape index (κ2) is 6.12. The number of hydrogen-bond acceptors (Lipinski definition) is 3. The first-order valence-corrected chi connectivity index (χ1v) is 7.86. The van der Waals surface area contributed by atoms with Crippen molar-refractivity contribution in [2.24, 2.45) is 0 Å². The molecule has 2 aromatic carbocycles. The minimum Gasteiger partial charge on any atom is -0.361 e. The molecule has 4 rings (SSSR count).